The van der Waals surface area contributed by atoms with E-state index in [9.17, 15) is 14.7 Å². The molecule has 0 bridgehead atoms. The molecule has 1 aliphatic carbocycles. The van der Waals surface area contributed by atoms with Gasteiger partial charge >= 0.3 is 0 Å². The van der Waals surface area contributed by atoms with Crippen molar-refractivity contribution in [2.75, 3.05) is 13.2 Å². The van der Waals surface area contributed by atoms with E-state index >= 15 is 0 Å². The minimum absolute atomic E-state index is 0.0107. The van der Waals surface area contributed by atoms with Gasteiger partial charge < -0.3 is 15.0 Å². The highest BCUT2D eigenvalue weighted by Crippen LogP contribution is 2.49. The second-order valence-corrected chi connectivity index (χ2v) is 9.11. The van der Waals surface area contributed by atoms with E-state index in [1.807, 2.05) is 35.8 Å². The molecular formula is C24H35N3O3. The third-order valence-corrected chi connectivity index (χ3v) is 7.27. The van der Waals surface area contributed by atoms with Gasteiger partial charge in [0.15, 0.2) is 0 Å². The molecule has 6 heteroatoms. The minimum Gasteiger partial charge on any atom is -0.396 e. The second kappa shape index (κ2) is 9.06. The van der Waals surface area contributed by atoms with E-state index in [1.165, 1.54) is 19.3 Å². The summed E-state index contributed by atoms with van der Waals surface area (Å²) in [5.41, 5.74) is 1.70. The summed E-state index contributed by atoms with van der Waals surface area (Å²) in [5.74, 6) is -0.0185. The van der Waals surface area contributed by atoms with Crippen LogP contribution in [0.25, 0.3) is 6.08 Å². The van der Waals surface area contributed by atoms with Gasteiger partial charge in [-0.05, 0) is 44.9 Å². The van der Waals surface area contributed by atoms with Crippen molar-refractivity contribution in [2.24, 2.45) is 11.8 Å². The van der Waals surface area contributed by atoms with Gasteiger partial charge in [-0.15, -0.1) is 0 Å². The molecule has 30 heavy (non-hydrogen) atoms. The third kappa shape index (κ3) is 3.65. The molecule has 2 fully saturated rings. The van der Waals surface area contributed by atoms with Crippen molar-refractivity contribution in [1.29, 1.82) is 0 Å². The predicted molar refractivity (Wildman–Crippen MR) is 118 cm³/mol. The van der Waals surface area contributed by atoms with Gasteiger partial charge in [0.1, 0.15) is 0 Å². The average Bonchev–Trinajstić information content (AvgIpc) is 3.27. The van der Waals surface area contributed by atoms with E-state index in [1.54, 1.807) is 0 Å². The van der Waals surface area contributed by atoms with Gasteiger partial charge in [0.2, 0.25) is 5.91 Å². The number of likely N-dealkylation sites (tertiary alicyclic amines) is 1. The van der Waals surface area contributed by atoms with E-state index in [2.05, 4.69) is 17.1 Å². The first kappa shape index (κ1) is 21.3. The van der Waals surface area contributed by atoms with E-state index < -0.39 is 0 Å². The standard InChI is InChI=1S/C24H35N3O3/c1-3-8-16-11-12-20-21-18(14-27(20)24(16)30)19(15-28)22(26(21)13-4-2)23(29)25-17-9-6-5-7-10-17/h3,8,11-12,17-19,21-22,28H,4-7,9-10,13-15H2,1-2H3,(H,25,29)/b8-3+/t18-,19-,21+,22-/m1/s1. The van der Waals surface area contributed by atoms with Gasteiger partial charge in [0, 0.05) is 42.3 Å². The molecule has 1 saturated carbocycles. The molecule has 164 valence electrons. The lowest BCUT2D eigenvalue weighted by molar-refractivity contribution is -0.128. The van der Waals surface area contributed by atoms with Crippen LogP contribution in [0.4, 0.5) is 0 Å². The Morgan fingerprint density at radius 3 is 2.70 bits per heavy atom. The van der Waals surface area contributed by atoms with Crippen LogP contribution in [0.1, 0.15) is 69.7 Å². The van der Waals surface area contributed by atoms with Gasteiger partial charge in [0.05, 0.1) is 12.1 Å². The highest BCUT2D eigenvalue weighted by molar-refractivity contribution is 5.83. The zero-order chi connectivity index (χ0) is 21.3. The van der Waals surface area contributed by atoms with E-state index in [0.29, 0.717) is 12.1 Å². The first-order chi connectivity index (χ1) is 14.6. The summed E-state index contributed by atoms with van der Waals surface area (Å²) in [6, 6.07) is 3.87. The van der Waals surface area contributed by atoms with Crippen molar-refractivity contribution in [3.8, 4) is 0 Å². The van der Waals surface area contributed by atoms with E-state index in [0.717, 1.165) is 31.5 Å². The van der Waals surface area contributed by atoms with Crippen LogP contribution in [0, 0.1) is 11.8 Å². The summed E-state index contributed by atoms with van der Waals surface area (Å²) in [7, 11) is 0. The van der Waals surface area contributed by atoms with Crippen LogP contribution in [0.15, 0.2) is 23.0 Å². The SMILES string of the molecule is C/C=C/c1ccc2n(c1=O)C[C@@H]1[C@@H](CO)[C@H](C(=O)NC3CCCCC3)N(CCC)[C@H]21. The van der Waals surface area contributed by atoms with Crippen LogP contribution in [0.3, 0.4) is 0 Å². The fraction of sp³-hybridized carbons (Fsp3) is 0.667. The number of fused-ring (bicyclic) bond motifs is 3. The van der Waals surface area contributed by atoms with Crippen molar-refractivity contribution >= 4 is 12.0 Å². The summed E-state index contributed by atoms with van der Waals surface area (Å²) in [4.78, 5) is 28.6. The summed E-state index contributed by atoms with van der Waals surface area (Å²) in [6.07, 6.45) is 10.4. The fourth-order valence-corrected chi connectivity index (χ4v) is 5.98. The number of aliphatic hydroxyl groups is 1. The van der Waals surface area contributed by atoms with Crippen LogP contribution in [-0.4, -0.2) is 45.7 Å². The number of nitrogens with zero attached hydrogens (tertiary/aromatic N) is 2. The number of rotatable bonds is 6. The number of aromatic nitrogens is 1. The monoisotopic (exact) mass is 413 g/mol. The summed E-state index contributed by atoms with van der Waals surface area (Å²) >= 11 is 0. The lowest BCUT2D eigenvalue weighted by Gasteiger charge is -2.32. The number of nitrogens with one attached hydrogen (secondary N) is 1. The molecule has 1 aromatic heterocycles. The lowest BCUT2D eigenvalue weighted by Crippen LogP contribution is -2.51. The number of carbonyl (C=O) groups excluding carboxylic acids is 1. The van der Waals surface area contributed by atoms with Crippen LogP contribution >= 0.6 is 0 Å². The highest BCUT2D eigenvalue weighted by atomic mass is 16.3. The number of hydrogen-bond donors (Lipinski definition) is 2. The average molecular weight is 414 g/mol. The van der Waals surface area contributed by atoms with Gasteiger partial charge in [-0.2, -0.15) is 0 Å². The van der Waals surface area contributed by atoms with Crippen molar-refractivity contribution in [2.45, 2.75) is 77.0 Å². The number of allylic oxidation sites excluding steroid dienone is 1. The largest absolute Gasteiger partial charge is 0.396 e. The van der Waals surface area contributed by atoms with Crippen molar-refractivity contribution in [3.05, 3.63) is 39.8 Å². The number of aliphatic hydroxyl groups excluding tert-OH is 1. The Balaban J connectivity index is 1.65. The molecular weight excluding hydrogens is 378 g/mol. The molecule has 2 N–H and O–H groups in total. The summed E-state index contributed by atoms with van der Waals surface area (Å²) in [5, 5.41) is 13.6. The van der Waals surface area contributed by atoms with Crippen LogP contribution in [-0.2, 0) is 11.3 Å². The maximum Gasteiger partial charge on any atom is 0.258 e. The summed E-state index contributed by atoms with van der Waals surface area (Å²) in [6.45, 7) is 5.35. The Kier molecular flexibility index (Phi) is 6.44. The number of amides is 1. The lowest BCUT2D eigenvalue weighted by atomic mass is 9.87. The van der Waals surface area contributed by atoms with Gasteiger partial charge in [0.25, 0.3) is 5.56 Å². The molecule has 0 unspecified atom stereocenters. The molecule has 4 atom stereocenters. The van der Waals surface area contributed by atoms with Crippen molar-refractivity contribution in [3.63, 3.8) is 0 Å². The van der Waals surface area contributed by atoms with Gasteiger partial charge in [-0.3, -0.25) is 14.5 Å². The van der Waals surface area contributed by atoms with Crippen molar-refractivity contribution in [1.82, 2.24) is 14.8 Å². The Morgan fingerprint density at radius 1 is 1.27 bits per heavy atom. The first-order valence-electron chi connectivity index (χ1n) is 11.6. The molecule has 0 radical (unpaired) electrons. The molecule has 1 aromatic rings. The van der Waals surface area contributed by atoms with Crippen LogP contribution in [0.5, 0.6) is 0 Å². The van der Waals surface area contributed by atoms with Crippen LogP contribution in [0.2, 0.25) is 0 Å². The van der Waals surface area contributed by atoms with Gasteiger partial charge in [-0.25, -0.2) is 0 Å². The quantitative estimate of drug-likeness (QED) is 0.752. The minimum atomic E-state index is -0.328. The second-order valence-electron chi connectivity index (χ2n) is 9.11. The Labute approximate surface area is 179 Å². The maximum absolute atomic E-state index is 13.4. The highest BCUT2D eigenvalue weighted by Gasteiger charge is 2.55. The van der Waals surface area contributed by atoms with E-state index in [-0.39, 0.29) is 48.0 Å². The maximum atomic E-state index is 13.4. The normalized spacial score (nSPS) is 29.3. The zero-order valence-corrected chi connectivity index (χ0v) is 18.2. The number of pyridine rings is 1. The molecule has 3 aliphatic rings. The number of hydrogen-bond acceptors (Lipinski definition) is 4. The van der Waals surface area contributed by atoms with Crippen molar-refractivity contribution < 1.29 is 9.90 Å². The van der Waals surface area contributed by atoms with Crippen LogP contribution < -0.4 is 10.9 Å². The fourth-order valence-electron chi connectivity index (χ4n) is 5.98. The van der Waals surface area contributed by atoms with E-state index in [4.69, 9.17) is 0 Å². The molecule has 2 aliphatic heterocycles. The Hall–Kier alpha value is -1.92. The molecule has 1 amide bonds. The third-order valence-electron chi connectivity index (χ3n) is 7.27. The Morgan fingerprint density at radius 2 is 2.03 bits per heavy atom. The molecule has 3 heterocycles. The topological polar surface area (TPSA) is 74.6 Å². The number of carbonyl (C=O) groups is 1. The molecule has 0 aromatic carbocycles. The molecule has 0 spiro atoms. The van der Waals surface area contributed by atoms with Gasteiger partial charge in [-0.1, -0.05) is 38.3 Å². The molecule has 4 rings (SSSR count). The smallest absolute Gasteiger partial charge is 0.258 e. The first-order valence-corrected chi connectivity index (χ1v) is 11.6. The molecule has 1 saturated heterocycles. The zero-order valence-electron chi connectivity index (χ0n) is 18.2. The predicted octanol–water partition coefficient (Wildman–Crippen LogP) is 2.70. The Bertz CT molecular complexity index is 856. The summed E-state index contributed by atoms with van der Waals surface area (Å²) < 4.78 is 1.87. The molecule has 6 nitrogen and oxygen atoms in total.